The predicted molar refractivity (Wildman–Crippen MR) is 136 cm³/mol. The number of methoxy groups -OCH3 is 1. The lowest BCUT2D eigenvalue weighted by Crippen LogP contribution is -2.29. The normalized spacial score (nSPS) is 16.8. The van der Waals surface area contributed by atoms with E-state index in [9.17, 15) is 14.7 Å². The Morgan fingerprint density at radius 2 is 1.58 bits per heavy atom. The fourth-order valence-corrected chi connectivity index (χ4v) is 4.38. The van der Waals surface area contributed by atoms with Gasteiger partial charge in [-0.2, -0.15) is 0 Å². The molecule has 0 aromatic heterocycles. The van der Waals surface area contributed by atoms with Crippen LogP contribution in [0.15, 0.2) is 78.4 Å². The van der Waals surface area contributed by atoms with Crippen molar-refractivity contribution in [2.24, 2.45) is 0 Å². The summed E-state index contributed by atoms with van der Waals surface area (Å²) in [6.07, 6.45) is 0. The second-order valence-electron chi connectivity index (χ2n) is 8.20. The van der Waals surface area contributed by atoms with Crippen molar-refractivity contribution < 1.29 is 28.9 Å². The highest BCUT2D eigenvalue weighted by atomic mass is 16.5. The van der Waals surface area contributed by atoms with Crippen molar-refractivity contribution in [3.05, 3.63) is 95.1 Å². The number of likely N-dealkylation sites (tertiary alicyclic amines) is 1. The quantitative estimate of drug-likeness (QED) is 0.256. The maximum absolute atomic E-state index is 13.3. The summed E-state index contributed by atoms with van der Waals surface area (Å²) < 4.78 is 16.6. The van der Waals surface area contributed by atoms with Crippen molar-refractivity contribution in [3.8, 4) is 17.2 Å². The van der Waals surface area contributed by atoms with Crippen molar-refractivity contribution in [2.45, 2.75) is 26.4 Å². The van der Waals surface area contributed by atoms with Crippen LogP contribution in [0.25, 0.3) is 5.76 Å². The summed E-state index contributed by atoms with van der Waals surface area (Å²) in [6.45, 7) is 4.86. The number of amides is 1. The van der Waals surface area contributed by atoms with E-state index >= 15 is 0 Å². The zero-order chi connectivity index (χ0) is 25.7. The van der Waals surface area contributed by atoms with Gasteiger partial charge >= 0.3 is 0 Å². The number of hydrogen-bond donors (Lipinski definition) is 1. The van der Waals surface area contributed by atoms with Crippen LogP contribution in [0.1, 0.15) is 36.6 Å². The molecule has 7 heteroatoms. The first-order valence-electron chi connectivity index (χ1n) is 11.8. The number of rotatable bonds is 9. The summed E-state index contributed by atoms with van der Waals surface area (Å²) in [5.41, 5.74) is 1.84. The number of aliphatic hydroxyl groups excluding tert-OH is 1. The molecule has 1 heterocycles. The second kappa shape index (κ2) is 11.0. The minimum absolute atomic E-state index is 0.0210. The third-order valence-corrected chi connectivity index (χ3v) is 6.00. The molecule has 1 fully saturated rings. The van der Waals surface area contributed by atoms with Gasteiger partial charge in [0.05, 0.1) is 38.5 Å². The largest absolute Gasteiger partial charge is 0.507 e. The van der Waals surface area contributed by atoms with Crippen LogP contribution in [0.3, 0.4) is 0 Å². The van der Waals surface area contributed by atoms with E-state index in [0.717, 1.165) is 5.56 Å². The van der Waals surface area contributed by atoms with Gasteiger partial charge in [-0.3, -0.25) is 9.59 Å². The van der Waals surface area contributed by atoms with Crippen molar-refractivity contribution in [1.29, 1.82) is 0 Å². The number of aliphatic hydroxyl groups is 1. The molecule has 36 heavy (non-hydrogen) atoms. The third-order valence-electron chi connectivity index (χ3n) is 6.00. The molecule has 0 aliphatic carbocycles. The molecular weight excluding hydrogens is 458 g/mol. The van der Waals surface area contributed by atoms with Gasteiger partial charge in [0.2, 0.25) is 0 Å². The van der Waals surface area contributed by atoms with E-state index in [1.54, 1.807) is 61.7 Å². The summed E-state index contributed by atoms with van der Waals surface area (Å²) in [7, 11) is 1.56. The minimum atomic E-state index is -0.804. The van der Waals surface area contributed by atoms with Crippen LogP contribution < -0.4 is 14.2 Å². The van der Waals surface area contributed by atoms with Crippen LogP contribution in [0.2, 0.25) is 0 Å². The van der Waals surface area contributed by atoms with E-state index in [1.807, 2.05) is 32.0 Å². The minimum Gasteiger partial charge on any atom is -0.507 e. The highest BCUT2D eigenvalue weighted by molar-refractivity contribution is 6.46. The van der Waals surface area contributed by atoms with Gasteiger partial charge < -0.3 is 24.2 Å². The van der Waals surface area contributed by atoms with Gasteiger partial charge in [-0.05, 0) is 49.7 Å². The van der Waals surface area contributed by atoms with Gasteiger partial charge in [0.15, 0.2) is 0 Å². The standard InChI is InChI=1S/C29H29NO6/c1-4-35-22-15-13-19(14-16-22)26-25(27(31)20-10-8-11-23(17-20)36-5-2)28(32)29(33)30(26)18-21-9-6-7-12-24(21)34-3/h6-17,26,31H,4-5,18H2,1-3H3/b27-25-. The van der Waals surface area contributed by atoms with Crippen molar-refractivity contribution in [1.82, 2.24) is 4.90 Å². The Bertz CT molecular complexity index is 1280. The first kappa shape index (κ1) is 24.9. The number of ketones is 1. The lowest BCUT2D eigenvalue weighted by Gasteiger charge is -2.26. The van der Waals surface area contributed by atoms with Gasteiger partial charge in [-0.25, -0.2) is 0 Å². The van der Waals surface area contributed by atoms with E-state index in [4.69, 9.17) is 14.2 Å². The number of nitrogens with zero attached hydrogens (tertiary/aromatic N) is 1. The number of carbonyl (C=O) groups excluding carboxylic acids is 2. The summed E-state index contributed by atoms with van der Waals surface area (Å²) >= 11 is 0. The maximum Gasteiger partial charge on any atom is 0.295 e. The molecule has 1 unspecified atom stereocenters. The molecule has 3 aromatic carbocycles. The summed E-state index contributed by atoms with van der Waals surface area (Å²) in [5, 5.41) is 11.3. The van der Waals surface area contributed by atoms with Crippen molar-refractivity contribution in [2.75, 3.05) is 20.3 Å². The number of hydrogen-bond acceptors (Lipinski definition) is 6. The molecule has 186 valence electrons. The Hall–Kier alpha value is -4.26. The first-order valence-corrected chi connectivity index (χ1v) is 11.8. The molecular formula is C29H29NO6. The number of Topliss-reactive ketones (excluding diaryl/α,β-unsaturated/α-hetero) is 1. The molecule has 4 rings (SSSR count). The van der Waals surface area contributed by atoms with Gasteiger partial charge in [0.25, 0.3) is 11.7 Å². The smallest absolute Gasteiger partial charge is 0.295 e. The van der Waals surface area contributed by atoms with Crippen LogP contribution in [0.5, 0.6) is 17.2 Å². The van der Waals surface area contributed by atoms with Gasteiger partial charge in [-0.1, -0.05) is 42.5 Å². The molecule has 1 atom stereocenters. The zero-order valence-corrected chi connectivity index (χ0v) is 20.6. The average Bonchev–Trinajstić information content (AvgIpc) is 3.14. The third kappa shape index (κ3) is 4.91. The lowest BCUT2D eigenvalue weighted by atomic mass is 9.95. The van der Waals surface area contributed by atoms with E-state index in [2.05, 4.69) is 0 Å². The van der Waals surface area contributed by atoms with Gasteiger partial charge in [0.1, 0.15) is 23.0 Å². The summed E-state index contributed by atoms with van der Waals surface area (Å²) in [4.78, 5) is 28.1. The van der Waals surface area contributed by atoms with Crippen LogP contribution >= 0.6 is 0 Å². The molecule has 1 saturated heterocycles. The molecule has 7 nitrogen and oxygen atoms in total. The zero-order valence-electron chi connectivity index (χ0n) is 20.6. The summed E-state index contributed by atoms with van der Waals surface area (Å²) in [6, 6.07) is 20.6. The monoisotopic (exact) mass is 487 g/mol. The lowest BCUT2D eigenvalue weighted by molar-refractivity contribution is -0.140. The highest BCUT2D eigenvalue weighted by Crippen LogP contribution is 2.41. The van der Waals surface area contributed by atoms with E-state index < -0.39 is 17.7 Å². The molecule has 3 aromatic rings. The molecule has 0 bridgehead atoms. The molecule has 1 aliphatic heterocycles. The first-order chi connectivity index (χ1) is 17.5. The summed E-state index contributed by atoms with van der Waals surface area (Å²) in [5.74, 6) is 0.144. The number of ether oxygens (including phenoxy) is 3. The number of carbonyl (C=O) groups is 2. The van der Waals surface area contributed by atoms with Gasteiger partial charge in [0, 0.05) is 11.1 Å². The van der Waals surface area contributed by atoms with E-state index in [1.165, 1.54) is 4.90 Å². The number of para-hydroxylation sites is 1. The Balaban J connectivity index is 1.84. The maximum atomic E-state index is 13.3. The average molecular weight is 488 g/mol. The van der Waals surface area contributed by atoms with Crippen LogP contribution in [-0.4, -0.2) is 42.0 Å². The second-order valence-corrected chi connectivity index (χ2v) is 8.20. The molecule has 0 saturated carbocycles. The Kier molecular flexibility index (Phi) is 7.59. The Morgan fingerprint density at radius 3 is 2.28 bits per heavy atom. The fourth-order valence-electron chi connectivity index (χ4n) is 4.38. The van der Waals surface area contributed by atoms with E-state index in [0.29, 0.717) is 41.6 Å². The Labute approximate surface area is 210 Å². The van der Waals surface area contributed by atoms with Gasteiger partial charge in [-0.15, -0.1) is 0 Å². The van der Waals surface area contributed by atoms with Crippen molar-refractivity contribution >= 4 is 17.4 Å². The highest BCUT2D eigenvalue weighted by Gasteiger charge is 2.46. The van der Waals surface area contributed by atoms with Crippen molar-refractivity contribution in [3.63, 3.8) is 0 Å². The fraction of sp³-hybridized carbons (Fsp3) is 0.241. The topological polar surface area (TPSA) is 85.3 Å². The van der Waals surface area contributed by atoms with E-state index in [-0.39, 0.29) is 17.9 Å². The van der Waals surface area contributed by atoms with Crippen LogP contribution in [-0.2, 0) is 16.1 Å². The van der Waals surface area contributed by atoms with Crippen LogP contribution in [0.4, 0.5) is 0 Å². The molecule has 0 spiro atoms. The van der Waals surface area contributed by atoms with Crippen LogP contribution in [0, 0.1) is 0 Å². The molecule has 1 aliphatic rings. The molecule has 1 amide bonds. The number of benzene rings is 3. The Morgan fingerprint density at radius 1 is 0.889 bits per heavy atom. The molecule has 1 N–H and O–H groups in total. The predicted octanol–water partition coefficient (Wildman–Crippen LogP) is 5.11. The molecule has 0 radical (unpaired) electrons. The SMILES string of the molecule is CCOc1ccc(C2/C(=C(/O)c3cccc(OCC)c3)C(=O)C(=O)N2Cc2ccccc2OC)cc1.